The van der Waals surface area contributed by atoms with Gasteiger partial charge in [-0.15, -0.1) is 0 Å². The summed E-state index contributed by atoms with van der Waals surface area (Å²) in [4.78, 5) is 0. The minimum absolute atomic E-state index is 0.342. The Morgan fingerprint density at radius 2 is 1.75 bits per heavy atom. The van der Waals surface area contributed by atoms with Crippen LogP contribution in [0.5, 0.6) is 5.75 Å². The van der Waals surface area contributed by atoms with Crippen LogP contribution in [0.2, 0.25) is 0 Å². The van der Waals surface area contributed by atoms with Crippen molar-refractivity contribution in [2.24, 2.45) is 0 Å². The normalized spacial score (nSPS) is 15.2. The highest BCUT2D eigenvalue weighted by Crippen LogP contribution is 2.14. The quantitative estimate of drug-likeness (QED) is 0.681. The minimum atomic E-state index is -1.88. The molecule has 1 rings (SSSR count). The molecule has 0 aliphatic rings. The Morgan fingerprint density at radius 1 is 1.17 bits per heavy atom. The minimum Gasteiger partial charge on any atom is -0.457 e. The van der Waals surface area contributed by atoms with Gasteiger partial charge in [0.05, 0.1) is 0 Å². The van der Waals surface area contributed by atoms with Gasteiger partial charge in [0.15, 0.2) is 6.17 Å². The molecule has 0 spiro atoms. The van der Waals surface area contributed by atoms with Gasteiger partial charge in [0.1, 0.15) is 5.75 Å². The fraction of sp³-hybridized carbons (Fsp3) is 0.333. The highest BCUT2D eigenvalue weighted by molar-refractivity contribution is 5.21. The van der Waals surface area contributed by atoms with E-state index in [9.17, 15) is 8.78 Å². The van der Waals surface area contributed by atoms with Crippen LogP contribution >= 0.6 is 0 Å². The number of benzene rings is 1. The summed E-state index contributed by atoms with van der Waals surface area (Å²) >= 11 is 0. The number of alkyl halides is 2. The molecule has 66 valence electrons. The third kappa shape index (κ3) is 2.49. The van der Waals surface area contributed by atoms with Crippen LogP contribution < -0.4 is 4.74 Å². The van der Waals surface area contributed by atoms with Gasteiger partial charge in [-0.3, -0.25) is 0 Å². The first-order valence-corrected chi connectivity index (χ1v) is 3.70. The molecule has 0 saturated heterocycles. The third-order valence-corrected chi connectivity index (χ3v) is 1.35. The van der Waals surface area contributed by atoms with Crippen LogP contribution in [-0.2, 0) is 0 Å². The smallest absolute Gasteiger partial charge is 0.268 e. The van der Waals surface area contributed by atoms with Gasteiger partial charge in [-0.05, 0) is 19.1 Å². The van der Waals surface area contributed by atoms with E-state index in [0.717, 1.165) is 6.92 Å². The summed E-state index contributed by atoms with van der Waals surface area (Å²) in [5.41, 5.74) is 0. The molecule has 0 amide bonds. The van der Waals surface area contributed by atoms with E-state index < -0.39 is 12.5 Å². The van der Waals surface area contributed by atoms with Crippen molar-refractivity contribution in [3.8, 4) is 5.75 Å². The number of para-hydroxylation sites is 1. The average Bonchev–Trinajstić information content (AvgIpc) is 2.06. The van der Waals surface area contributed by atoms with E-state index >= 15 is 0 Å². The van der Waals surface area contributed by atoms with Gasteiger partial charge in [-0.2, -0.15) is 4.39 Å². The molecule has 2 unspecified atom stereocenters. The summed E-state index contributed by atoms with van der Waals surface area (Å²) in [7, 11) is 0. The Labute approximate surface area is 70.0 Å². The zero-order valence-corrected chi connectivity index (χ0v) is 6.71. The van der Waals surface area contributed by atoms with Crippen LogP contribution in [0.25, 0.3) is 0 Å². The largest absolute Gasteiger partial charge is 0.457 e. The highest BCUT2D eigenvalue weighted by Gasteiger charge is 2.15. The maximum Gasteiger partial charge on any atom is 0.268 e. The Morgan fingerprint density at radius 3 is 2.25 bits per heavy atom. The van der Waals surface area contributed by atoms with E-state index in [0.29, 0.717) is 5.75 Å². The summed E-state index contributed by atoms with van der Waals surface area (Å²) in [5, 5.41) is 0. The van der Waals surface area contributed by atoms with Crippen LogP contribution in [0.4, 0.5) is 8.78 Å². The summed E-state index contributed by atoms with van der Waals surface area (Å²) in [5.74, 6) is 0.342. The molecule has 1 aromatic rings. The van der Waals surface area contributed by atoms with Crippen molar-refractivity contribution in [1.82, 2.24) is 0 Å². The number of rotatable bonds is 3. The fourth-order valence-corrected chi connectivity index (χ4v) is 0.723. The molecule has 0 aliphatic heterocycles. The second-order valence-corrected chi connectivity index (χ2v) is 2.46. The molecule has 0 saturated carbocycles. The fourth-order valence-electron chi connectivity index (χ4n) is 0.723. The molecule has 0 N–H and O–H groups in total. The maximum atomic E-state index is 12.6. The van der Waals surface area contributed by atoms with Gasteiger partial charge in [0.25, 0.3) is 6.36 Å². The van der Waals surface area contributed by atoms with Crippen LogP contribution in [0.15, 0.2) is 30.3 Å². The van der Waals surface area contributed by atoms with E-state index in [4.69, 9.17) is 0 Å². The molecule has 0 aromatic heterocycles. The molecule has 0 fully saturated rings. The summed E-state index contributed by atoms with van der Waals surface area (Å²) in [6, 6.07) is 8.33. The predicted molar refractivity (Wildman–Crippen MR) is 42.5 cm³/mol. The third-order valence-electron chi connectivity index (χ3n) is 1.35. The number of halogens is 2. The molecule has 0 radical (unpaired) electrons. The van der Waals surface area contributed by atoms with E-state index in [-0.39, 0.29) is 0 Å². The lowest BCUT2D eigenvalue weighted by Crippen LogP contribution is -2.20. The molecule has 12 heavy (non-hydrogen) atoms. The molecular weight excluding hydrogens is 162 g/mol. The Balaban J connectivity index is 2.53. The summed E-state index contributed by atoms with van der Waals surface area (Å²) in [6.07, 6.45) is -3.49. The van der Waals surface area contributed by atoms with Crippen molar-refractivity contribution in [3.63, 3.8) is 0 Å². The summed E-state index contributed by atoms with van der Waals surface area (Å²) in [6.45, 7) is 1.12. The molecule has 2 atom stereocenters. The first kappa shape index (κ1) is 8.97. The monoisotopic (exact) mass is 172 g/mol. The highest BCUT2D eigenvalue weighted by atomic mass is 19.2. The first-order chi connectivity index (χ1) is 5.70. The molecule has 0 bridgehead atoms. The lowest BCUT2D eigenvalue weighted by molar-refractivity contribution is 0.00217. The second kappa shape index (κ2) is 4.04. The predicted octanol–water partition coefficient (Wildman–Crippen LogP) is 2.72. The van der Waals surface area contributed by atoms with Crippen molar-refractivity contribution in [2.45, 2.75) is 19.5 Å². The maximum absolute atomic E-state index is 12.6. The van der Waals surface area contributed by atoms with Gasteiger partial charge in [-0.1, -0.05) is 18.2 Å². The van der Waals surface area contributed by atoms with Crippen LogP contribution in [0.3, 0.4) is 0 Å². The molecule has 1 nitrogen and oxygen atoms in total. The van der Waals surface area contributed by atoms with Crippen molar-refractivity contribution >= 4 is 0 Å². The molecule has 1 aromatic carbocycles. The van der Waals surface area contributed by atoms with Crippen molar-refractivity contribution in [2.75, 3.05) is 0 Å². The molecule has 0 aliphatic carbocycles. The molecule has 0 heterocycles. The van der Waals surface area contributed by atoms with E-state index in [1.807, 2.05) is 0 Å². The Bertz CT molecular complexity index is 223. The van der Waals surface area contributed by atoms with Crippen molar-refractivity contribution in [1.29, 1.82) is 0 Å². The van der Waals surface area contributed by atoms with Crippen LogP contribution in [-0.4, -0.2) is 12.5 Å². The van der Waals surface area contributed by atoms with E-state index in [1.165, 1.54) is 0 Å². The molecular formula is C9H10F2O. The van der Waals surface area contributed by atoms with Crippen LogP contribution in [0, 0.1) is 0 Å². The molecule has 3 heteroatoms. The number of hydrogen-bond donors (Lipinski definition) is 0. The first-order valence-electron chi connectivity index (χ1n) is 3.70. The van der Waals surface area contributed by atoms with Gasteiger partial charge < -0.3 is 4.74 Å². The van der Waals surface area contributed by atoms with E-state index in [2.05, 4.69) is 4.74 Å². The van der Waals surface area contributed by atoms with Gasteiger partial charge in [-0.25, -0.2) is 4.39 Å². The van der Waals surface area contributed by atoms with Crippen LogP contribution in [0.1, 0.15) is 6.92 Å². The number of ether oxygens (including phenoxy) is 1. The van der Waals surface area contributed by atoms with E-state index in [1.54, 1.807) is 30.3 Å². The second-order valence-electron chi connectivity index (χ2n) is 2.46. The van der Waals surface area contributed by atoms with Gasteiger partial charge in [0.2, 0.25) is 0 Å². The van der Waals surface area contributed by atoms with Crippen molar-refractivity contribution < 1.29 is 13.5 Å². The average molecular weight is 172 g/mol. The van der Waals surface area contributed by atoms with Gasteiger partial charge in [0, 0.05) is 0 Å². The van der Waals surface area contributed by atoms with Crippen molar-refractivity contribution in [3.05, 3.63) is 30.3 Å². The standard InChI is InChI=1S/C9H10F2O/c1-7(10)9(11)12-8-5-3-2-4-6-8/h2-7,9H,1H3. The summed E-state index contributed by atoms with van der Waals surface area (Å²) < 4.78 is 29.5. The lowest BCUT2D eigenvalue weighted by atomic mass is 10.3. The number of hydrogen-bond acceptors (Lipinski definition) is 1. The zero-order chi connectivity index (χ0) is 8.97. The topological polar surface area (TPSA) is 9.23 Å². The lowest BCUT2D eigenvalue weighted by Gasteiger charge is -2.11. The Kier molecular flexibility index (Phi) is 3.02. The Hall–Kier alpha value is -1.12. The zero-order valence-electron chi connectivity index (χ0n) is 6.71. The van der Waals surface area contributed by atoms with Gasteiger partial charge >= 0.3 is 0 Å². The SMILES string of the molecule is CC(F)C(F)Oc1ccccc1.